The summed E-state index contributed by atoms with van der Waals surface area (Å²) in [5.74, 6) is 1.44. The van der Waals surface area contributed by atoms with Gasteiger partial charge < -0.3 is 28.2 Å². The first-order valence-corrected chi connectivity index (χ1v) is 16.3. The highest BCUT2D eigenvalue weighted by Gasteiger charge is 2.22. The van der Waals surface area contributed by atoms with Crippen molar-refractivity contribution < 1.29 is 37.3 Å². The molecule has 1 unspecified atom stereocenters. The quantitative estimate of drug-likeness (QED) is 0.137. The first-order valence-electron chi connectivity index (χ1n) is 13.8. The number of ether oxygens (including phenoxy) is 5. The average Bonchev–Trinajstić information content (AvgIpc) is 2.95. The molecule has 3 rings (SSSR count). The van der Waals surface area contributed by atoms with Crippen LogP contribution < -0.4 is 14.0 Å². The second-order valence-corrected chi connectivity index (χ2v) is 11.5. The number of unbranched alkanes of at least 4 members (excludes halogenated alkanes) is 5. The van der Waals surface area contributed by atoms with E-state index >= 15 is 0 Å². The van der Waals surface area contributed by atoms with Crippen molar-refractivity contribution >= 4 is 29.6 Å². The summed E-state index contributed by atoms with van der Waals surface area (Å²) < 4.78 is 51.3. The lowest BCUT2D eigenvalue weighted by Gasteiger charge is -2.13. The molecule has 40 heavy (non-hydrogen) atoms. The van der Waals surface area contributed by atoms with Crippen LogP contribution in [0.15, 0.2) is 52.7 Å². The van der Waals surface area contributed by atoms with Gasteiger partial charge in [0.25, 0.3) is 0 Å². The zero-order valence-electron chi connectivity index (χ0n) is 23.1. The second-order valence-electron chi connectivity index (χ2n) is 8.98. The van der Waals surface area contributed by atoms with Crippen LogP contribution in [0, 0.1) is 0 Å². The fourth-order valence-corrected chi connectivity index (χ4v) is 4.87. The molecule has 1 aliphatic rings. The number of azo groups is 1. The van der Waals surface area contributed by atoms with Crippen molar-refractivity contribution in [2.45, 2.75) is 45.4 Å². The van der Waals surface area contributed by atoms with Gasteiger partial charge in [-0.15, -0.1) is 0 Å². The first-order chi connectivity index (χ1) is 19.6. The highest BCUT2D eigenvalue weighted by atomic mass is 35.7. The van der Waals surface area contributed by atoms with Gasteiger partial charge in [-0.25, -0.2) is 4.57 Å². The normalized spacial score (nSPS) is 17.1. The van der Waals surface area contributed by atoms with E-state index in [0.29, 0.717) is 88.1 Å². The van der Waals surface area contributed by atoms with Gasteiger partial charge in [-0.05, 0) is 42.8 Å². The smallest absolute Gasteiger partial charge is 0.476 e. The van der Waals surface area contributed by atoms with Crippen molar-refractivity contribution in [3.05, 3.63) is 42.5 Å². The molecule has 222 valence electrons. The van der Waals surface area contributed by atoms with E-state index in [0.717, 1.165) is 19.3 Å². The van der Waals surface area contributed by atoms with E-state index in [1.807, 2.05) is 0 Å². The molecular formula is C28H40ClN2O8P. The third-order valence-corrected chi connectivity index (χ3v) is 7.14. The lowest BCUT2D eigenvalue weighted by molar-refractivity contribution is 0.00708. The van der Waals surface area contributed by atoms with Crippen LogP contribution in [0.4, 0.5) is 11.4 Å². The Labute approximate surface area is 241 Å². The Morgan fingerprint density at radius 2 is 1.27 bits per heavy atom. The molecule has 0 N–H and O–H groups in total. The molecule has 0 radical (unpaired) electrons. The van der Waals surface area contributed by atoms with Gasteiger partial charge in [-0.1, -0.05) is 39.0 Å². The molecule has 12 heteroatoms. The Morgan fingerprint density at radius 3 is 1.95 bits per heavy atom. The predicted molar refractivity (Wildman–Crippen MR) is 154 cm³/mol. The van der Waals surface area contributed by atoms with Crippen molar-refractivity contribution in [3.63, 3.8) is 0 Å². The van der Waals surface area contributed by atoms with Gasteiger partial charge in [0.2, 0.25) is 0 Å². The lowest BCUT2D eigenvalue weighted by Crippen LogP contribution is -2.13. The zero-order valence-corrected chi connectivity index (χ0v) is 24.8. The number of benzene rings is 2. The van der Waals surface area contributed by atoms with Crippen LogP contribution in [0.2, 0.25) is 0 Å². The van der Waals surface area contributed by atoms with Gasteiger partial charge in [0.15, 0.2) is 11.5 Å². The Hall–Kier alpha value is -2.20. The summed E-state index contributed by atoms with van der Waals surface area (Å²) in [6.45, 7) is 2.34. The molecular weight excluding hydrogens is 559 g/mol. The van der Waals surface area contributed by atoms with Crippen molar-refractivity contribution in [1.82, 2.24) is 0 Å². The Bertz CT molecular complexity index is 1060. The number of rotatable bonds is 12. The molecule has 10 nitrogen and oxygen atoms in total. The van der Waals surface area contributed by atoms with Crippen LogP contribution in [-0.4, -0.2) is 59.5 Å². The summed E-state index contributed by atoms with van der Waals surface area (Å²) >= 11 is 5.98. The van der Waals surface area contributed by atoms with E-state index in [-0.39, 0.29) is 0 Å². The van der Waals surface area contributed by atoms with Crippen LogP contribution in [0.3, 0.4) is 0 Å². The number of hydrogen-bond donors (Lipinski definition) is 0. The second kappa shape index (κ2) is 19.0. The number of halogens is 1. The van der Waals surface area contributed by atoms with Gasteiger partial charge in [-0.3, -0.25) is 4.52 Å². The fraction of sp³-hybridized carbons (Fsp3) is 0.571. The summed E-state index contributed by atoms with van der Waals surface area (Å²) in [7, 11) is 0. The fourth-order valence-electron chi connectivity index (χ4n) is 3.65. The molecule has 0 saturated carbocycles. The molecule has 0 spiro atoms. The van der Waals surface area contributed by atoms with E-state index < -0.39 is 6.95 Å². The largest absolute Gasteiger partial charge is 0.487 e. The van der Waals surface area contributed by atoms with Gasteiger partial charge in [0.1, 0.15) is 19.0 Å². The Morgan fingerprint density at radius 1 is 0.725 bits per heavy atom. The molecule has 0 bridgehead atoms. The summed E-state index contributed by atoms with van der Waals surface area (Å²) in [5.41, 5.74) is 1.16. The maximum absolute atomic E-state index is 12.4. The van der Waals surface area contributed by atoms with Gasteiger partial charge in [-0.2, -0.15) is 10.2 Å². The maximum atomic E-state index is 12.4. The topological polar surface area (TPSA) is 106 Å². The maximum Gasteiger partial charge on any atom is 0.476 e. The van der Waals surface area contributed by atoms with Gasteiger partial charge >= 0.3 is 6.95 Å². The van der Waals surface area contributed by atoms with E-state index in [4.69, 9.17) is 44.0 Å². The highest BCUT2D eigenvalue weighted by molar-refractivity contribution is 7.81. The number of nitrogens with zero attached hydrogens (tertiary/aromatic N) is 2. The molecule has 0 amide bonds. The molecule has 0 aromatic heterocycles. The monoisotopic (exact) mass is 598 g/mol. The predicted octanol–water partition coefficient (Wildman–Crippen LogP) is 8.03. The third kappa shape index (κ3) is 13.4. The molecule has 1 atom stereocenters. The number of fused-ring (bicyclic) bond motifs is 1. The molecule has 0 aliphatic carbocycles. The van der Waals surface area contributed by atoms with Gasteiger partial charge in [0, 0.05) is 17.3 Å². The van der Waals surface area contributed by atoms with Crippen molar-refractivity contribution in [3.8, 4) is 17.2 Å². The minimum absolute atomic E-state index is 0.296. The lowest BCUT2D eigenvalue weighted by atomic mass is 10.1. The Kier molecular flexibility index (Phi) is 15.4. The van der Waals surface area contributed by atoms with E-state index in [2.05, 4.69) is 17.2 Å². The zero-order chi connectivity index (χ0) is 28.3. The van der Waals surface area contributed by atoms with Crippen LogP contribution in [0.1, 0.15) is 45.4 Å². The minimum Gasteiger partial charge on any atom is -0.487 e. The molecule has 0 fully saturated rings. The Balaban J connectivity index is 1.51. The van der Waals surface area contributed by atoms with Crippen LogP contribution in [0.25, 0.3) is 0 Å². The highest BCUT2D eigenvalue weighted by Crippen LogP contribution is 2.53. The SMILES string of the molecule is CCCCCCCCOP(=O)(Cl)Oc1ccc(N=Nc2ccc3c(c2)OCCOCCOCCOCCO3)cc1. The first kappa shape index (κ1) is 32.3. The summed E-state index contributed by atoms with van der Waals surface area (Å²) in [6, 6.07) is 11.9. The molecule has 0 saturated heterocycles. The van der Waals surface area contributed by atoms with Crippen molar-refractivity contribution in [1.29, 1.82) is 0 Å². The molecule has 2 aromatic carbocycles. The third-order valence-electron chi connectivity index (χ3n) is 5.72. The average molecular weight is 599 g/mol. The van der Waals surface area contributed by atoms with Gasteiger partial charge in [0.05, 0.1) is 57.6 Å². The molecule has 1 aliphatic heterocycles. The molecule has 2 aromatic rings. The summed E-state index contributed by atoms with van der Waals surface area (Å²) in [6.07, 6.45) is 6.56. The van der Waals surface area contributed by atoms with E-state index in [9.17, 15) is 4.57 Å². The van der Waals surface area contributed by atoms with E-state index in [1.165, 1.54) is 19.3 Å². The standard InChI is InChI=1S/C28H40ClN2O8P/c1-2-3-4-5-6-7-14-38-40(29,32)39-26-11-8-24(9-12-26)30-31-25-10-13-27-28(23-25)37-22-20-35-18-16-33-15-17-34-19-21-36-27/h8-13,23H,2-7,14-22H2,1H3. The van der Waals surface area contributed by atoms with Crippen LogP contribution in [0.5, 0.6) is 17.2 Å². The van der Waals surface area contributed by atoms with Crippen molar-refractivity contribution in [2.75, 3.05) is 59.5 Å². The molecule has 1 heterocycles. The van der Waals surface area contributed by atoms with Crippen molar-refractivity contribution in [2.24, 2.45) is 10.2 Å². The summed E-state index contributed by atoms with van der Waals surface area (Å²) in [5, 5.41) is 8.58. The van der Waals surface area contributed by atoms with Crippen LogP contribution >= 0.6 is 18.2 Å². The van der Waals surface area contributed by atoms with E-state index in [1.54, 1.807) is 42.5 Å². The number of hydrogen-bond acceptors (Lipinski definition) is 10. The van der Waals surface area contributed by atoms with Crippen LogP contribution in [-0.2, 0) is 23.3 Å². The summed E-state index contributed by atoms with van der Waals surface area (Å²) in [4.78, 5) is 0. The minimum atomic E-state index is -3.72.